The molecule has 0 spiro atoms. The maximum atomic E-state index is 9.95. The minimum Gasteiger partial charge on any atom is -0.277 e. The molecule has 0 saturated carbocycles. The summed E-state index contributed by atoms with van der Waals surface area (Å²) in [6, 6.07) is 10.7. The van der Waals surface area contributed by atoms with Crippen molar-refractivity contribution in [1.29, 1.82) is 5.26 Å². The van der Waals surface area contributed by atoms with E-state index in [1.807, 2.05) is 10.7 Å². The lowest BCUT2D eigenvalue weighted by atomic mass is 9.81. The fourth-order valence-electron chi connectivity index (χ4n) is 4.54. The minimum atomic E-state index is -0.138. The second-order valence-corrected chi connectivity index (χ2v) is 10.9. The summed E-state index contributed by atoms with van der Waals surface area (Å²) in [7, 11) is 0. The van der Waals surface area contributed by atoms with Gasteiger partial charge < -0.3 is 0 Å². The molecular weight excluding hydrogens is 485 g/mol. The number of hydrogen-bond acceptors (Lipinski definition) is 3. The van der Waals surface area contributed by atoms with Crippen molar-refractivity contribution in [3.05, 3.63) is 50.4 Å². The lowest BCUT2D eigenvalue weighted by Gasteiger charge is -2.25. The smallest absolute Gasteiger partial charge is 0.171 e. The van der Waals surface area contributed by atoms with Crippen LogP contribution in [0.1, 0.15) is 63.9 Å². The van der Waals surface area contributed by atoms with Crippen LogP contribution in [0, 0.1) is 22.0 Å². The molecule has 0 aliphatic rings. The first-order valence-corrected chi connectivity index (χ1v) is 11.1. The van der Waals surface area contributed by atoms with Gasteiger partial charge in [-0.3, -0.25) is 5.10 Å². The summed E-state index contributed by atoms with van der Waals surface area (Å²) in [6.07, 6.45) is 0. The van der Waals surface area contributed by atoms with Crippen LogP contribution >= 0.6 is 22.6 Å². The SMILES string of the molecule is Cc1ccc2c(c(C#N)nn2-c2ccc3[nH]nc(I)c3c2C(C)(C)C)c1C(C)(C)C. The summed E-state index contributed by atoms with van der Waals surface area (Å²) in [6.45, 7) is 15.3. The summed E-state index contributed by atoms with van der Waals surface area (Å²) in [4.78, 5) is 0. The van der Waals surface area contributed by atoms with Gasteiger partial charge in [-0.15, -0.1) is 0 Å². The van der Waals surface area contributed by atoms with Gasteiger partial charge in [-0.1, -0.05) is 47.6 Å². The van der Waals surface area contributed by atoms with E-state index in [-0.39, 0.29) is 10.8 Å². The molecule has 0 radical (unpaired) electrons. The van der Waals surface area contributed by atoms with Crippen molar-refractivity contribution < 1.29 is 0 Å². The highest BCUT2D eigenvalue weighted by molar-refractivity contribution is 14.1. The number of H-pyrrole nitrogens is 1. The molecule has 2 heterocycles. The Labute approximate surface area is 190 Å². The van der Waals surface area contributed by atoms with Crippen molar-refractivity contribution in [2.45, 2.75) is 59.3 Å². The monoisotopic (exact) mass is 511 g/mol. The van der Waals surface area contributed by atoms with Gasteiger partial charge in [-0.2, -0.15) is 15.5 Å². The molecule has 0 atom stereocenters. The van der Waals surface area contributed by atoms with Crippen molar-refractivity contribution in [3.8, 4) is 11.8 Å². The van der Waals surface area contributed by atoms with E-state index >= 15 is 0 Å². The van der Waals surface area contributed by atoms with Gasteiger partial charge >= 0.3 is 0 Å². The molecule has 4 rings (SSSR count). The van der Waals surface area contributed by atoms with Crippen LogP contribution in [0.2, 0.25) is 0 Å². The number of benzene rings is 2. The number of rotatable bonds is 1. The maximum Gasteiger partial charge on any atom is 0.171 e. The third kappa shape index (κ3) is 3.11. The predicted octanol–water partition coefficient (Wildman–Crippen LogP) is 6.28. The van der Waals surface area contributed by atoms with E-state index in [2.05, 4.69) is 106 Å². The first-order valence-electron chi connectivity index (χ1n) is 10.1. The van der Waals surface area contributed by atoms with Crippen LogP contribution in [0.3, 0.4) is 0 Å². The van der Waals surface area contributed by atoms with E-state index in [0.717, 1.165) is 31.2 Å². The second kappa shape index (κ2) is 6.81. The third-order valence-electron chi connectivity index (χ3n) is 5.55. The average Bonchev–Trinajstić information content (AvgIpc) is 3.19. The summed E-state index contributed by atoms with van der Waals surface area (Å²) < 4.78 is 2.89. The van der Waals surface area contributed by atoms with Crippen LogP contribution in [0.25, 0.3) is 27.5 Å². The number of fused-ring (bicyclic) bond motifs is 2. The first-order chi connectivity index (χ1) is 13.9. The zero-order valence-corrected chi connectivity index (χ0v) is 20.6. The number of nitrogens with zero attached hydrogens (tertiary/aromatic N) is 4. The molecule has 0 unspecified atom stereocenters. The van der Waals surface area contributed by atoms with Crippen molar-refractivity contribution in [2.75, 3.05) is 0 Å². The van der Waals surface area contributed by atoms with Crippen LogP contribution in [0.4, 0.5) is 0 Å². The zero-order chi connectivity index (χ0) is 22.0. The number of nitrogens with one attached hydrogen (secondary N) is 1. The van der Waals surface area contributed by atoms with E-state index in [4.69, 9.17) is 5.10 Å². The largest absolute Gasteiger partial charge is 0.277 e. The summed E-state index contributed by atoms with van der Waals surface area (Å²) >= 11 is 2.28. The van der Waals surface area contributed by atoms with E-state index in [1.54, 1.807) is 0 Å². The molecule has 5 nitrogen and oxygen atoms in total. The van der Waals surface area contributed by atoms with Crippen LogP contribution in [0.5, 0.6) is 0 Å². The molecule has 2 aromatic heterocycles. The Balaban J connectivity index is 2.19. The molecule has 30 heavy (non-hydrogen) atoms. The number of hydrogen-bond donors (Lipinski definition) is 1. The maximum absolute atomic E-state index is 9.95. The van der Waals surface area contributed by atoms with Crippen molar-refractivity contribution >= 4 is 44.4 Å². The van der Waals surface area contributed by atoms with Crippen LogP contribution < -0.4 is 0 Å². The predicted molar refractivity (Wildman–Crippen MR) is 130 cm³/mol. The molecule has 0 bridgehead atoms. The third-order valence-corrected chi connectivity index (χ3v) is 6.34. The average molecular weight is 511 g/mol. The first kappa shape index (κ1) is 20.9. The summed E-state index contributed by atoms with van der Waals surface area (Å²) in [5.74, 6) is 0. The molecule has 0 aliphatic heterocycles. The molecule has 0 fully saturated rings. The van der Waals surface area contributed by atoms with Crippen molar-refractivity contribution in [2.24, 2.45) is 0 Å². The van der Waals surface area contributed by atoms with Crippen LogP contribution in [-0.2, 0) is 10.8 Å². The van der Waals surface area contributed by atoms with Gasteiger partial charge in [0, 0.05) is 10.8 Å². The number of aryl methyl sites for hydroxylation is 1. The fraction of sp³-hybridized carbons (Fsp3) is 0.375. The lowest BCUT2D eigenvalue weighted by Crippen LogP contribution is -2.17. The highest BCUT2D eigenvalue weighted by atomic mass is 127. The van der Waals surface area contributed by atoms with Gasteiger partial charge in [-0.25, -0.2) is 4.68 Å². The molecule has 0 aliphatic carbocycles. The molecule has 0 saturated heterocycles. The number of aromatic nitrogens is 4. The summed E-state index contributed by atoms with van der Waals surface area (Å²) in [5, 5.41) is 24.4. The highest BCUT2D eigenvalue weighted by Crippen LogP contribution is 2.40. The van der Waals surface area contributed by atoms with Crippen LogP contribution in [-0.4, -0.2) is 20.0 Å². The van der Waals surface area contributed by atoms with Gasteiger partial charge in [-0.05, 0) is 75.2 Å². The molecule has 1 N–H and O–H groups in total. The Morgan fingerprint density at radius 1 is 0.967 bits per heavy atom. The fourth-order valence-corrected chi connectivity index (χ4v) is 5.23. The molecular formula is C24H26IN5. The van der Waals surface area contributed by atoms with Gasteiger partial charge in [0.1, 0.15) is 9.77 Å². The minimum absolute atomic E-state index is 0.0974. The second-order valence-electron chi connectivity index (χ2n) is 9.92. The zero-order valence-electron chi connectivity index (χ0n) is 18.5. The van der Waals surface area contributed by atoms with E-state index in [0.29, 0.717) is 5.69 Å². The van der Waals surface area contributed by atoms with E-state index < -0.39 is 0 Å². The Morgan fingerprint density at radius 3 is 2.23 bits per heavy atom. The molecule has 6 heteroatoms. The number of halogens is 1. The van der Waals surface area contributed by atoms with Gasteiger partial charge in [0.05, 0.1) is 16.7 Å². The molecule has 154 valence electrons. The highest BCUT2D eigenvalue weighted by Gasteiger charge is 2.29. The Hall–Kier alpha value is -2.40. The van der Waals surface area contributed by atoms with Crippen molar-refractivity contribution in [1.82, 2.24) is 20.0 Å². The number of nitriles is 1. The molecule has 0 amide bonds. The molecule has 4 aromatic rings. The summed E-state index contributed by atoms with van der Waals surface area (Å²) in [5.41, 5.74) is 6.73. The Bertz CT molecular complexity index is 1340. The van der Waals surface area contributed by atoms with Gasteiger partial charge in [0.2, 0.25) is 0 Å². The lowest BCUT2D eigenvalue weighted by molar-refractivity contribution is 0.589. The van der Waals surface area contributed by atoms with E-state index in [1.165, 1.54) is 16.7 Å². The Morgan fingerprint density at radius 2 is 1.63 bits per heavy atom. The van der Waals surface area contributed by atoms with Crippen molar-refractivity contribution in [3.63, 3.8) is 0 Å². The number of aromatic amines is 1. The standard InChI is InChI=1S/C24H26IN5/c1-13-8-10-16-18(20(13)23(2,3)4)15(12-26)29-30(16)17-11-9-14-19(22(25)28-27-14)21(17)24(5,6)7/h8-11H,1-7H3,(H,27,28). The quantitative estimate of drug-likeness (QED) is 0.306. The van der Waals surface area contributed by atoms with Gasteiger partial charge in [0.25, 0.3) is 0 Å². The normalized spacial score (nSPS) is 12.6. The van der Waals surface area contributed by atoms with E-state index in [9.17, 15) is 5.26 Å². The van der Waals surface area contributed by atoms with Crippen LogP contribution in [0.15, 0.2) is 24.3 Å². The topological polar surface area (TPSA) is 70.3 Å². The molecule has 2 aromatic carbocycles. The Kier molecular flexibility index (Phi) is 4.73. The van der Waals surface area contributed by atoms with Gasteiger partial charge in [0.15, 0.2) is 5.69 Å².